The van der Waals surface area contributed by atoms with E-state index in [1.165, 1.54) is 173 Å². The fraction of sp³-hybridized carbons (Fsp3) is 0.571. The molecule has 0 saturated heterocycles. The molecule has 1 saturated carbocycles. The van der Waals surface area contributed by atoms with Gasteiger partial charge in [0.2, 0.25) is 0 Å². The van der Waals surface area contributed by atoms with Crippen LogP contribution in [0.4, 0.5) is 5.69 Å². The third-order valence-corrected chi connectivity index (χ3v) is 30.9. The maximum atomic E-state index is 6.27. The van der Waals surface area contributed by atoms with Crippen LogP contribution < -0.4 is 35.1 Å². The number of anilines is 1. The zero-order chi connectivity index (χ0) is 44.9. The molecule has 346 valence electrons. The fourth-order valence-electron chi connectivity index (χ4n) is 10.7. The first-order chi connectivity index (χ1) is 30.9. The Labute approximate surface area is 391 Å². The van der Waals surface area contributed by atoms with Crippen LogP contribution in [0.5, 0.6) is 11.5 Å². The molecule has 4 aromatic carbocycles. The number of hydrogen-bond donors (Lipinski definition) is 0. The molecule has 3 nitrogen and oxygen atoms in total. The van der Waals surface area contributed by atoms with Crippen LogP contribution >= 0.6 is 16.0 Å². The minimum atomic E-state index is -1.78. The lowest BCUT2D eigenvalue weighted by molar-refractivity contribution is 0.409. The van der Waals surface area contributed by atoms with Crippen molar-refractivity contribution in [3.63, 3.8) is 0 Å². The summed E-state index contributed by atoms with van der Waals surface area (Å²) in [4.78, 5) is 0. The Hall–Kier alpha value is -2.43. The zero-order valence-electron chi connectivity index (χ0n) is 41.2. The van der Waals surface area contributed by atoms with Gasteiger partial charge in [-0.2, -0.15) is 0 Å². The van der Waals surface area contributed by atoms with Crippen molar-refractivity contribution in [1.29, 1.82) is 0 Å². The quantitative estimate of drug-likeness (QED) is 0.0400. The van der Waals surface area contributed by atoms with Gasteiger partial charge in [-0.05, 0) is 50.2 Å². The molecule has 0 aromatic heterocycles. The topological polar surface area (TPSA) is 21.7 Å². The average molecular weight is 924 g/mol. The second-order valence-electron chi connectivity index (χ2n) is 18.9. The summed E-state index contributed by atoms with van der Waals surface area (Å²) in [5, 5.41) is 6.40. The molecule has 63 heavy (non-hydrogen) atoms. The highest BCUT2D eigenvalue weighted by Crippen LogP contribution is 2.62. The summed E-state index contributed by atoms with van der Waals surface area (Å²) in [6.45, 7) is 14.3. The zero-order valence-corrected chi connectivity index (χ0v) is 45.1. The van der Waals surface area contributed by atoms with Crippen molar-refractivity contribution in [1.82, 2.24) is 0 Å². The van der Waals surface area contributed by atoms with Crippen molar-refractivity contribution in [3.8, 4) is 22.6 Å². The minimum absolute atomic E-state index is 0.478. The first-order valence-electron chi connectivity index (χ1n) is 25.7. The van der Waals surface area contributed by atoms with Crippen LogP contribution in [0.1, 0.15) is 151 Å². The highest BCUT2D eigenvalue weighted by molar-refractivity contribution is 8.28. The van der Waals surface area contributed by atoms with Crippen LogP contribution in [0.15, 0.2) is 91.0 Å². The van der Waals surface area contributed by atoms with Crippen molar-refractivity contribution in [3.05, 3.63) is 91.0 Å². The molecule has 0 aliphatic heterocycles. The molecule has 5 rings (SSSR count). The van der Waals surface area contributed by atoms with Gasteiger partial charge in [0.05, 0.1) is 36.1 Å². The maximum absolute atomic E-state index is 6.27. The number of nitrogens with zero attached hydrogens (tertiary/aromatic N) is 1. The Kier molecular flexibility index (Phi) is 22.3. The third kappa shape index (κ3) is 13.6. The van der Waals surface area contributed by atoms with Gasteiger partial charge in [-0.1, -0.05) is 257 Å². The number of hydrogen-bond acceptors (Lipinski definition) is 3. The summed E-state index contributed by atoms with van der Waals surface area (Å²) in [5.74, 6) is 1.99. The molecule has 0 radical (unpaired) electrons. The van der Waals surface area contributed by atoms with E-state index >= 15 is 0 Å². The Balaban J connectivity index is 1.77. The highest BCUT2D eigenvalue weighted by Gasteiger charge is 2.37. The lowest BCUT2D eigenvalue weighted by Crippen LogP contribution is -2.48. The number of rotatable bonds is 29. The molecule has 7 heteroatoms. The van der Waals surface area contributed by atoms with Gasteiger partial charge in [-0.15, -0.1) is 0 Å². The predicted molar refractivity (Wildman–Crippen MR) is 291 cm³/mol. The van der Waals surface area contributed by atoms with Crippen molar-refractivity contribution in [2.45, 2.75) is 193 Å². The van der Waals surface area contributed by atoms with E-state index in [9.17, 15) is 0 Å². The molecule has 0 amide bonds. The first-order valence-corrected chi connectivity index (χ1v) is 34.1. The van der Waals surface area contributed by atoms with E-state index < -0.39 is 23.9 Å². The van der Waals surface area contributed by atoms with Gasteiger partial charge in [0.1, 0.15) is 11.5 Å². The highest BCUT2D eigenvalue weighted by atomic mass is 32.1. The van der Waals surface area contributed by atoms with E-state index in [1.807, 2.05) is 14.2 Å². The summed E-state index contributed by atoms with van der Waals surface area (Å²) < 4.78 is 15.4. The molecule has 2 unspecified atom stereocenters. The molecular formula is C56H87NO2P2Si2. The number of benzene rings is 4. The summed E-state index contributed by atoms with van der Waals surface area (Å²) in [5.41, 5.74) is 3.93. The summed E-state index contributed by atoms with van der Waals surface area (Å²) in [6.07, 6.45) is 22.2. The summed E-state index contributed by atoms with van der Waals surface area (Å²) in [6, 6.07) is 45.4. The van der Waals surface area contributed by atoms with Crippen LogP contribution in [-0.2, 0) is 0 Å². The molecular weight excluding hydrogens is 837 g/mol. The molecule has 1 aliphatic carbocycles. The van der Waals surface area contributed by atoms with E-state index in [4.69, 9.17) is 9.47 Å². The van der Waals surface area contributed by atoms with Crippen LogP contribution in [0.2, 0.25) is 36.3 Å². The van der Waals surface area contributed by atoms with E-state index in [0.717, 1.165) is 11.5 Å². The van der Waals surface area contributed by atoms with Gasteiger partial charge in [0.25, 0.3) is 0 Å². The van der Waals surface area contributed by atoms with Gasteiger partial charge in [0.15, 0.2) is 0 Å². The minimum Gasteiger partial charge on any atom is -0.496 e. The SMILES string of the molecule is CCCC[Si](CCCC)(CCCC)c1ccc(P(Pc2ccc([Si](CCCC)(CCCC)CCCC)cc2-c2ccccc2OC)N(c2ccccc2OC)C2CCCCC2)cc1. The normalized spacial score (nSPS) is 14.3. The fourth-order valence-corrected chi connectivity index (χ4v) is 27.7. The van der Waals surface area contributed by atoms with Crippen molar-refractivity contribution >= 4 is 58.8 Å². The second-order valence-corrected chi connectivity index (χ2v) is 32.5. The van der Waals surface area contributed by atoms with E-state index in [1.54, 1.807) is 10.4 Å². The molecule has 0 heterocycles. The van der Waals surface area contributed by atoms with Crippen LogP contribution in [0.3, 0.4) is 0 Å². The number of ether oxygens (including phenoxy) is 2. The van der Waals surface area contributed by atoms with Crippen molar-refractivity contribution in [2.24, 2.45) is 0 Å². The van der Waals surface area contributed by atoms with E-state index in [2.05, 4.69) is 137 Å². The Morgan fingerprint density at radius 2 is 0.984 bits per heavy atom. The van der Waals surface area contributed by atoms with E-state index in [0.29, 0.717) is 14.3 Å². The van der Waals surface area contributed by atoms with Crippen LogP contribution in [-0.4, -0.2) is 36.4 Å². The molecule has 1 fully saturated rings. The van der Waals surface area contributed by atoms with Crippen LogP contribution in [0.25, 0.3) is 11.1 Å². The molecule has 0 N–H and O–H groups in total. The van der Waals surface area contributed by atoms with Gasteiger partial charge in [-0.25, -0.2) is 0 Å². The smallest absolute Gasteiger partial charge is 0.142 e. The number of unbranched alkanes of at least 4 members (excludes halogenated alkanes) is 6. The van der Waals surface area contributed by atoms with Gasteiger partial charge < -0.3 is 14.1 Å². The lowest BCUT2D eigenvalue weighted by atomic mass is 9.95. The van der Waals surface area contributed by atoms with E-state index in [-0.39, 0.29) is 0 Å². The second kappa shape index (κ2) is 27.3. The Bertz CT molecular complexity index is 1850. The lowest BCUT2D eigenvalue weighted by Gasteiger charge is -2.43. The Morgan fingerprint density at radius 1 is 0.524 bits per heavy atom. The molecule has 4 aromatic rings. The molecule has 0 bridgehead atoms. The number of methoxy groups -OCH3 is 2. The van der Waals surface area contributed by atoms with Gasteiger partial charge in [0, 0.05) is 24.7 Å². The molecule has 2 atom stereocenters. The predicted octanol–water partition coefficient (Wildman–Crippen LogP) is 16.3. The standard InChI is InChI=1S/C56H87NO2P2Si2/c1-9-15-40-62(41-16-10-2,42-17-11-3)49-36-34-48(35-37-49)61(57(47-28-22-21-23-29-47)53-31-25-27-33-55(53)59-8)60-56-39-38-50(46-52(56)51-30-24-26-32-54(51)58-7)63(43-18-12-4,44-19-13-5)45-20-14-6/h24-27,30-39,46-47,60H,9-23,28-29,40-45H2,1-8H3. The van der Waals surface area contributed by atoms with Crippen molar-refractivity contribution < 1.29 is 9.47 Å². The largest absolute Gasteiger partial charge is 0.496 e. The van der Waals surface area contributed by atoms with Crippen molar-refractivity contribution in [2.75, 3.05) is 18.9 Å². The monoisotopic (exact) mass is 924 g/mol. The third-order valence-electron chi connectivity index (χ3n) is 14.5. The Morgan fingerprint density at radius 3 is 1.49 bits per heavy atom. The average Bonchev–Trinajstić information content (AvgIpc) is 3.34. The maximum Gasteiger partial charge on any atom is 0.142 e. The molecule has 0 spiro atoms. The van der Waals surface area contributed by atoms with Gasteiger partial charge in [-0.3, -0.25) is 0 Å². The summed E-state index contributed by atoms with van der Waals surface area (Å²) in [7, 11) is 0.0775. The first kappa shape index (κ1) is 51.6. The molecule has 1 aliphatic rings. The van der Waals surface area contributed by atoms with Crippen LogP contribution in [0, 0.1) is 0 Å². The van der Waals surface area contributed by atoms with Gasteiger partial charge >= 0.3 is 0 Å². The summed E-state index contributed by atoms with van der Waals surface area (Å²) >= 11 is 0. The number of para-hydroxylation sites is 3.